The Morgan fingerprint density at radius 2 is 0.945 bits per heavy atom. The topological polar surface area (TPSA) is 56.5 Å². The van der Waals surface area contributed by atoms with Crippen molar-refractivity contribution in [3.05, 3.63) is 188 Å². The molecule has 3 heterocycles. The standard InChI is InChI=1S/C50H35N5/c1-2-43-52-49-42(55(43)38-23-13-6-14-24-38)32-31-40-39-25-15-16-26-41(39)51-48(45(40)49)36-29-27-33(28-30-36)44-46(34-17-7-3-8-18-34)53-50(37-21-11-5-12-22-37)54-47(44)35-19-9-4-10-20-35/h3-32H,2H2,1H3. The maximum absolute atomic E-state index is 5.37. The number of benzene rings is 7. The first-order valence-electron chi connectivity index (χ1n) is 18.7. The van der Waals surface area contributed by atoms with Crippen LogP contribution in [0.25, 0.3) is 94.7 Å². The molecule has 0 fully saturated rings. The van der Waals surface area contributed by atoms with E-state index in [0.29, 0.717) is 5.82 Å². The first kappa shape index (κ1) is 32.4. The van der Waals surface area contributed by atoms with Gasteiger partial charge in [0.15, 0.2) is 5.82 Å². The smallest absolute Gasteiger partial charge is 0.160 e. The van der Waals surface area contributed by atoms with Gasteiger partial charge in [0.25, 0.3) is 0 Å². The van der Waals surface area contributed by atoms with Gasteiger partial charge in [0.1, 0.15) is 5.82 Å². The van der Waals surface area contributed by atoms with Crippen molar-refractivity contribution in [2.75, 3.05) is 0 Å². The van der Waals surface area contributed by atoms with Crippen LogP contribution in [0.1, 0.15) is 12.7 Å². The molecule has 0 bridgehead atoms. The molecule has 0 atom stereocenters. The molecule has 0 aliphatic carbocycles. The predicted molar refractivity (Wildman–Crippen MR) is 226 cm³/mol. The number of pyridine rings is 1. The van der Waals surface area contributed by atoms with Gasteiger partial charge in [0, 0.05) is 50.7 Å². The second-order valence-electron chi connectivity index (χ2n) is 13.7. The third-order valence-electron chi connectivity index (χ3n) is 10.4. The van der Waals surface area contributed by atoms with Crippen LogP contribution in [0.15, 0.2) is 182 Å². The van der Waals surface area contributed by atoms with E-state index in [1.807, 2.05) is 30.3 Å². The zero-order valence-corrected chi connectivity index (χ0v) is 30.3. The zero-order chi connectivity index (χ0) is 36.7. The van der Waals surface area contributed by atoms with E-state index < -0.39 is 0 Å². The van der Waals surface area contributed by atoms with Gasteiger partial charge in [-0.05, 0) is 35.2 Å². The Morgan fingerprint density at radius 3 is 1.56 bits per heavy atom. The fourth-order valence-electron chi connectivity index (χ4n) is 7.80. The average molecular weight is 706 g/mol. The summed E-state index contributed by atoms with van der Waals surface area (Å²) >= 11 is 0. The second-order valence-corrected chi connectivity index (χ2v) is 13.7. The summed E-state index contributed by atoms with van der Waals surface area (Å²) in [5, 5.41) is 3.31. The summed E-state index contributed by atoms with van der Waals surface area (Å²) < 4.78 is 2.28. The minimum Gasteiger partial charge on any atom is -0.296 e. The van der Waals surface area contributed by atoms with Crippen molar-refractivity contribution in [1.29, 1.82) is 0 Å². The molecule has 0 aliphatic rings. The maximum atomic E-state index is 5.37. The van der Waals surface area contributed by atoms with Crippen molar-refractivity contribution < 1.29 is 0 Å². The predicted octanol–water partition coefficient (Wildman–Crippen LogP) is 12.4. The molecular weight excluding hydrogens is 671 g/mol. The third kappa shape index (κ3) is 5.65. The summed E-state index contributed by atoms with van der Waals surface area (Å²) in [6.45, 7) is 2.17. The van der Waals surface area contributed by atoms with Crippen LogP contribution in [0.4, 0.5) is 0 Å². The van der Waals surface area contributed by atoms with Gasteiger partial charge in [0.05, 0.1) is 33.6 Å². The molecule has 260 valence electrons. The fraction of sp³-hybridized carbons (Fsp3) is 0.0400. The summed E-state index contributed by atoms with van der Waals surface area (Å²) in [6, 6.07) is 63.2. The highest BCUT2D eigenvalue weighted by Gasteiger charge is 2.22. The van der Waals surface area contributed by atoms with Crippen LogP contribution in [-0.2, 0) is 6.42 Å². The van der Waals surface area contributed by atoms with Gasteiger partial charge in [-0.2, -0.15) is 0 Å². The monoisotopic (exact) mass is 705 g/mol. The van der Waals surface area contributed by atoms with Crippen molar-refractivity contribution in [3.63, 3.8) is 0 Å². The molecule has 0 unspecified atom stereocenters. The number of para-hydroxylation sites is 2. The molecule has 7 aromatic carbocycles. The van der Waals surface area contributed by atoms with Crippen LogP contribution >= 0.6 is 0 Å². The Hall–Kier alpha value is -7.24. The van der Waals surface area contributed by atoms with Crippen LogP contribution in [0.2, 0.25) is 0 Å². The number of aromatic nitrogens is 5. The summed E-state index contributed by atoms with van der Waals surface area (Å²) in [7, 11) is 0. The third-order valence-corrected chi connectivity index (χ3v) is 10.4. The molecule has 0 saturated heterocycles. The van der Waals surface area contributed by atoms with E-state index in [9.17, 15) is 0 Å². The van der Waals surface area contributed by atoms with E-state index in [2.05, 4.69) is 163 Å². The number of hydrogen-bond donors (Lipinski definition) is 0. The van der Waals surface area contributed by atoms with E-state index in [-0.39, 0.29) is 0 Å². The highest BCUT2D eigenvalue weighted by Crippen LogP contribution is 2.42. The lowest BCUT2D eigenvalue weighted by Crippen LogP contribution is -2.01. The largest absolute Gasteiger partial charge is 0.296 e. The minimum absolute atomic E-state index is 0.691. The number of aryl methyl sites for hydroxylation is 1. The van der Waals surface area contributed by atoms with E-state index in [1.165, 1.54) is 0 Å². The molecular formula is C50H35N5. The SMILES string of the molecule is CCc1nc2c3c(-c4ccc(-c5c(-c6ccccc6)nc(-c6ccccc6)nc5-c5ccccc5)cc4)nc4ccccc4c3ccc2n1-c1ccccc1. The molecule has 5 heteroatoms. The average Bonchev–Trinajstić information content (AvgIpc) is 3.66. The normalized spacial score (nSPS) is 11.4. The molecule has 0 saturated carbocycles. The van der Waals surface area contributed by atoms with E-state index in [0.717, 1.165) is 101 Å². The van der Waals surface area contributed by atoms with Gasteiger partial charge in [-0.25, -0.2) is 19.9 Å². The van der Waals surface area contributed by atoms with Gasteiger partial charge in [-0.1, -0.05) is 165 Å². The summed E-state index contributed by atoms with van der Waals surface area (Å²) in [6.07, 6.45) is 0.800. The van der Waals surface area contributed by atoms with Crippen molar-refractivity contribution in [2.24, 2.45) is 0 Å². The lowest BCUT2D eigenvalue weighted by Gasteiger charge is -2.17. The summed E-state index contributed by atoms with van der Waals surface area (Å²) in [5.41, 5.74) is 12.8. The summed E-state index contributed by atoms with van der Waals surface area (Å²) in [4.78, 5) is 21.2. The highest BCUT2D eigenvalue weighted by molar-refractivity contribution is 6.20. The Kier molecular flexibility index (Phi) is 8.03. The van der Waals surface area contributed by atoms with Crippen molar-refractivity contribution in [1.82, 2.24) is 24.5 Å². The number of nitrogens with zero attached hydrogens (tertiary/aromatic N) is 5. The Labute approximate surface area is 319 Å². The van der Waals surface area contributed by atoms with Crippen LogP contribution in [-0.4, -0.2) is 24.5 Å². The van der Waals surface area contributed by atoms with Gasteiger partial charge >= 0.3 is 0 Å². The van der Waals surface area contributed by atoms with E-state index >= 15 is 0 Å². The number of hydrogen-bond acceptors (Lipinski definition) is 4. The molecule has 0 aliphatic heterocycles. The van der Waals surface area contributed by atoms with Crippen molar-refractivity contribution in [2.45, 2.75) is 13.3 Å². The number of imidazole rings is 1. The highest BCUT2D eigenvalue weighted by atomic mass is 15.1. The zero-order valence-electron chi connectivity index (χ0n) is 30.3. The molecule has 10 aromatic rings. The molecule has 5 nitrogen and oxygen atoms in total. The molecule has 3 aromatic heterocycles. The molecule has 0 spiro atoms. The van der Waals surface area contributed by atoms with Gasteiger partial charge in [-0.3, -0.25) is 4.57 Å². The van der Waals surface area contributed by atoms with Crippen molar-refractivity contribution >= 4 is 32.7 Å². The molecule has 10 rings (SSSR count). The van der Waals surface area contributed by atoms with Crippen LogP contribution in [0.5, 0.6) is 0 Å². The first-order valence-corrected chi connectivity index (χ1v) is 18.7. The fourth-order valence-corrected chi connectivity index (χ4v) is 7.80. The Bertz CT molecular complexity index is 2910. The van der Waals surface area contributed by atoms with E-state index in [4.69, 9.17) is 19.9 Å². The molecule has 0 amide bonds. The lowest BCUT2D eigenvalue weighted by atomic mass is 9.92. The Balaban J connectivity index is 1.21. The number of rotatable bonds is 7. The lowest BCUT2D eigenvalue weighted by molar-refractivity contribution is 0.908. The van der Waals surface area contributed by atoms with Crippen LogP contribution in [0, 0.1) is 0 Å². The first-order chi connectivity index (χ1) is 27.2. The maximum Gasteiger partial charge on any atom is 0.160 e. The van der Waals surface area contributed by atoms with Gasteiger partial charge < -0.3 is 0 Å². The molecule has 0 N–H and O–H groups in total. The van der Waals surface area contributed by atoms with Crippen molar-refractivity contribution in [3.8, 4) is 62.0 Å². The quantitative estimate of drug-likeness (QED) is 0.155. The minimum atomic E-state index is 0.691. The van der Waals surface area contributed by atoms with E-state index in [1.54, 1.807) is 0 Å². The Morgan fingerprint density at radius 1 is 0.418 bits per heavy atom. The van der Waals surface area contributed by atoms with Gasteiger partial charge in [-0.15, -0.1) is 0 Å². The number of fused-ring (bicyclic) bond motifs is 5. The van der Waals surface area contributed by atoms with Crippen LogP contribution < -0.4 is 0 Å². The molecule has 0 radical (unpaired) electrons. The van der Waals surface area contributed by atoms with Gasteiger partial charge in [0.2, 0.25) is 0 Å². The molecule has 55 heavy (non-hydrogen) atoms. The second kappa shape index (κ2) is 13.6. The summed E-state index contributed by atoms with van der Waals surface area (Å²) in [5.74, 6) is 1.71. The van der Waals surface area contributed by atoms with Crippen LogP contribution in [0.3, 0.4) is 0 Å².